The Kier molecular flexibility index (Phi) is 6.18. The minimum absolute atomic E-state index is 0.0759. The summed E-state index contributed by atoms with van der Waals surface area (Å²) in [4.78, 5) is 23.4. The second-order valence-electron chi connectivity index (χ2n) is 5.72. The summed E-state index contributed by atoms with van der Waals surface area (Å²) in [5.74, 6) is -0.237. The van der Waals surface area contributed by atoms with Crippen LogP contribution in [0.1, 0.15) is 11.6 Å². The zero-order valence-corrected chi connectivity index (χ0v) is 14.5. The number of aliphatic hydroxyl groups excluding tert-OH is 1. The number of hydrogen-bond acceptors (Lipinski definition) is 7. The Labute approximate surface area is 159 Å². The van der Waals surface area contributed by atoms with Gasteiger partial charge in [-0.3, -0.25) is 4.98 Å². The maximum atomic E-state index is 12.2. The van der Waals surface area contributed by atoms with Gasteiger partial charge in [-0.05, 0) is 29.8 Å². The number of halogens is 2. The predicted molar refractivity (Wildman–Crippen MR) is 97.5 cm³/mol. The molecule has 0 spiro atoms. The normalized spacial score (nSPS) is 11.9. The van der Waals surface area contributed by atoms with Crippen molar-refractivity contribution in [3.63, 3.8) is 0 Å². The van der Waals surface area contributed by atoms with E-state index in [1.54, 1.807) is 36.7 Å². The van der Waals surface area contributed by atoms with Gasteiger partial charge in [0.1, 0.15) is 12.0 Å². The van der Waals surface area contributed by atoms with Gasteiger partial charge in [-0.15, -0.1) is 0 Å². The van der Waals surface area contributed by atoms with E-state index in [4.69, 9.17) is 5.11 Å². The highest BCUT2D eigenvalue weighted by Crippen LogP contribution is 2.23. The van der Waals surface area contributed by atoms with Gasteiger partial charge in [0.05, 0.1) is 30.1 Å². The summed E-state index contributed by atoms with van der Waals surface area (Å²) in [5, 5.41) is 12.1. The summed E-state index contributed by atoms with van der Waals surface area (Å²) in [6.07, 6.45) is 5.34. The van der Waals surface area contributed by atoms with E-state index in [-0.39, 0.29) is 12.4 Å². The first kappa shape index (κ1) is 19.3. The molecule has 9 heteroatoms. The van der Waals surface area contributed by atoms with Gasteiger partial charge in [-0.2, -0.15) is 8.78 Å². The average Bonchev–Trinajstić information content (AvgIpc) is 2.71. The van der Waals surface area contributed by atoms with E-state index in [2.05, 4.69) is 25.0 Å². The molecule has 2 heterocycles. The molecule has 0 fully saturated rings. The summed E-state index contributed by atoms with van der Waals surface area (Å²) in [5.41, 5.74) is 2.55. The first-order chi connectivity index (χ1) is 13.6. The van der Waals surface area contributed by atoms with Crippen molar-refractivity contribution in [2.75, 3.05) is 11.9 Å². The van der Waals surface area contributed by atoms with Crippen LogP contribution in [0.3, 0.4) is 0 Å². The molecule has 1 atom stereocenters. The second-order valence-corrected chi connectivity index (χ2v) is 5.72. The molecule has 0 aliphatic heterocycles. The topological polar surface area (TPSA) is 97.2 Å². The van der Waals surface area contributed by atoms with E-state index in [1.165, 1.54) is 18.3 Å². The number of aldehydes is 1. The molecular formula is C19H16F2N4O3. The van der Waals surface area contributed by atoms with Gasteiger partial charge in [0, 0.05) is 18.0 Å². The standard InChI is InChI=1S/C19H16F2N4O3/c20-18(21)28-16-4-1-12(2-5-16)13-7-23-19(24-8-13)25-15-3-6-17(22-9-15)14(10-26)11-27/h1-10,14,18,27H,11H2,(H,23,24,25). The molecule has 3 aromatic rings. The van der Waals surface area contributed by atoms with E-state index in [0.717, 1.165) is 5.56 Å². The van der Waals surface area contributed by atoms with Crippen LogP contribution < -0.4 is 10.1 Å². The third-order valence-electron chi connectivity index (χ3n) is 3.85. The van der Waals surface area contributed by atoms with Crippen LogP contribution in [0.4, 0.5) is 20.4 Å². The maximum absolute atomic E-state index is 12.2. The van der Waals surface area contributed by atoms with Crippen LogP contribution in [0.15, 0.2) is 55.0 Å². The van der Waals surface area contributed by atoms with Crippen LogP contribution in [0.5, 0.6) is 5.75 Å². The zero-order chi connectivity index (χ0) is 19.9. The number of ether oxygens (including phenoxy) is 1. The number of hydrogen-bond donors (Lipinski definition) is 2. The minimum Gasteiger partial charge on any atom is -0.435 e. The van der Waals surface area contributed by atoms with Crippen LogP contribution in [0.25, 0.3) is 11.1 Å². The van der Waals surface area contributed by atoms with Crippen molar-refractivity contribution in [2.24, 2.45) is 0 Å². The number of carbonyl (C=O) groups excluding carboxylic acids is 1. The zero-order valence-electron chi connectivity index (χ0n) is 14.5. The lowest BCUT2D eigenvalue weighted by molar-refractivity contribution is -0.109. The Morgan fingerprint density at radius 2 is 1.71 bits per heavy atom. The number of carbonyl (C=O) groups is 1. The van der Waals surface area contributed by atoms with E-state index in [1.807, 2.05) is 0 Å². The van der Waals surface area contributed by atoms with Gasteiger partial charge in [-0.1, -0.05) is 12.1 Å². The average molecular weight is 386 g/mol. The van der Waals surface area contributed by atoms with Crippen LogP contribution in [0, 0.1) is 0 Å². The van der Waals surface area contributed by atoms with Gasteiger partial charge in [-0.25, -0.2) is 9.97 Å². The highest BCUT2D eigenvalue weighted by Gasteiger charge is 2.10. The van der Waals surface area contributed by atoms with Crippen molar-refractivity contribution in [3.05, 3.63) is 60.7 Å². The Balaban J connectivity index is 1.66. The fourth-order valence-electron chi connectivity index (χ4n) is 2.40. The van der Waals surface area contributed by atoms with E-state index < -0.39 is 12.5 Å². The van der Waals surface area contributed by atoms with Crippen molar-refractivity contribution < 1.29 is 23.4 Å². The minimum atomic E-state index is -2.86. The number of rotatable bonds is 8. The molecule has 1 unspecified atom stereocenters. The van der Waals surface area contributed by atoms with E-state index in [9.17, 15) is 13.6 Å². The van der Waals surface area contributed by atoms with Crippen molar-refractivity contribution in [1.82, 2.24) is 15.0 Å². The molecule has 3 rings (SSSR count). The molecule has 0 bridgehead atoms. The Morgan fingerprint density at radius 3 is 2.25 bits per heavy atom. The molecular weight excluding hydrogens is 370 g/mol. The number of nitrogens with one attached hydrogen (secondary N) is 1. The third-order valence-corrected chi connectivity index (χ3v) is 3.85. The lowest BCUT2D eigenvalue weighted by Crippen LogP contribution is -2.07. The molecule has 1 aromatic carbocycles. The van der Waals surface area contributed by atoms with Gasteiger partial charge < -0.3 is 20.0 Å². The highest BCUT2D eigenvalue weighted by molar-refractivity contribution is 5.64. The number of aliphatic hydroxyl groups is 1. The summed E-state index contributed by atoms with van der Waals surface area (Å²) < 4.78 is 28.7. The smallest absolute Gasteiger partial charge is 0.387 e. The summed E-state index contributed by atoms with van der Waals surface area (Å²) >= 11 is 0. The number of nitrogens with zero attached hydrogens (tertiary/aromatic N) is 3. The molecule has 7 nitrogen and oxygen atoms in total. The Bertz CT molecular complexity index is 904. The van der Waals surface area contributed by atoms with Crippen molar-refractivity contribution >= 4 is 17.9 Å². The molecule has 0 amide bonds. The van der Waals surface area contributed by atoms with Crippen molar-refractivity contribution in [1.29, 1.82) is 0 Å². The van der Waals surface area contributed by atoms with Crippen LogP contribution >= 0.6 is 0 Å². The molecule has 2 aromatic heterocycles. The molecule has 0 aliphatic carbocycles. The molecule has 28 heavy (non-hydrogen) atoms. The number of pyridine rings is 1. The summed E-state index contributed by atoms with van der Waals surface area (Å²) in [7, 11) is 0. The first-order valence-corrected chi connectivity index (χ1v) is 8.25. The van der Waals surface area contributed by atoms with Gasteiger partial charge in [0.25, 0.3) is 0 Å². The molecule has 2 N–H and O–H groups in total. The van der Waals surface area contributed by atoms with Crippen LogP contribution in [-0.4, -0.2) is 39.6 Å². The summed E-state index contributed by atoms with van der Waals surface area (Å²) in [6.45, 7) is -3.17. The molecule has 0 aliphatic rings. The van der Waals surface area contributed by atoms with Crippen molar-refractivity contribution in [3.8, 4) is 16.9 Å². The summed E-state index contributed by atoms with van der Waals surface area (Å²) in [6, 6.07) is 9.50. The predicted octanol–water partition coefficient (Wildman–Crippen LogP) is 3.16. The number of aromatic nitrogens is 3. The number of benzene rings is 1. The lowest BCUT2D eigenvalue weighted by Gasteiger charge is -2.09. The highest BCUT2D eigenvalue weighted by atomic mass is 19.3. The fraction of sp³-hybridized carbons (Fsp3) is 0.158. The molecule has 0 saturated carbocycles. The van der Waals surface area contributed by atoms with E-state index >= 15 is 0 Å². The lowest BCUT2D eigenvalue weighted by atomic mass is 10.1. The Morgan fingerprint density at radius 1 is 1.00 bits per heavy atom. The quantitative estimate of drug-likeness (QED) is 0.574. The monoisotopic (exact) mass is 386 g/mol. The Hall–Kier alpha value is -3.46. The molecule has 0 radical (unpaired) electrons. The second kappa shape index (κ2) is 8.96. The van der Waals surface area contributed by atoms with Crippen LogP contribution in [0.2, 0.25) is 0 Å². The van der Waals surface area contributed by atoms with Crippen molar-refractivity contribution in [2.45, 2.75) is 12.5 Å². The first-order valence-electron chi connectivity index (χ1n) is 8.25. The third kappa shape index (κ3) is 4.83. The van der Waals surface area contributed by atoms with Gasteiger partial charge in [0.15, 0.2) is 0 Å². The molecule has 0 saturated heterocycles. The maximum Gasteiger partial charge on any atom is 0.387 e. The largest absolute Gasteiger partial charge is 0.435 e. The van der Waals surface area contributed by atoms with Gasteiger partial charge in [0.2, 0.25) is 5.95 Å². The number of alkyl halides is 2. The van der Waals surface area contributed by atoms with Gasteiger partial charge >= 0.3 is 6.61 Å². The fourth-order valence-corrected chi connectivity index (χ4v) is 2.40. The SMILES string of the molecule is O=CC(CO)c1ccc(Nc2ncc(-c3ccc(OC(F)F)cc3)cn2)cn1. The van der Waals surface area contributed by atoms with E-state index in [0.29, 0.717) is 29.2 Å². The van der Waals surface area contributed by atoms with Crippen LogP contribution in [-0.2, 0) is 4.79 Å². The molecule has 144 valence electrons. The number of anilines is 2.